The van der Waals surface area contributed by atoms with E-state index < -0.39 is 10.0 Å². The third kappa shape index (κ3) is 4.38. The molecule has 4 rings (SSSR count). The molecule has 9 heteroatoms. The van der Waals surface area contributed by atoms with E-state index in [1.807, 2.05) is 0 Å². The molecule has 0 aromatic heterocycles. The van der Waals surface area contributed by atoms with Gasteiger partial charge in [-0.1, -0.05) is 12.1 Å². The Kier molecular flexibility index (Phi) is 5.88. The highest BCUT2D eigenvalue weighted by atomic mass is 32.2. The summed E-state index contributed by atoms with van der Waals surface area (Å²) in [5.41, 5.74) is 1.63. The third-order valence-electron chi connectivity index (χ3n) is 5.52. The molecular weight excluding hydrogens is 418 g/mol. The van der Waals surface area contributed by atoms with Crippen LogP contribution in [0.25, 0.3) is 0 Å². The van der Waals surface area contributed by atoms with Crippen LogP contribution in [0.4, 0.5) is 5.69 Å². The summed E-state index contributed by atoms with van der Waals surface area (Å²) in [5, 5.41) is 2.79. The largest absolute Gasteiger partial charge is 0.348 e. The number of nitrogens with one attached hydrogen (secondary N) is 1. The van der Waals surface area contributed by atoms with E-state index in [1.54, 1.807) is 48.5 Å². The zero-order chi connectivity index (χ0) is 22.0. The zero-order valence-corrected chi connectivity index (χ0v) is 17.7. The van der Waals surface area contributed by atoms with Crippen molar-refractivity contribution in [2.24, 2.45) is 0 Å². The van der Waals surface area contributed by atoms with Crippen molar-refractivity contribution in [1.29, 1.82) is 0 Å². The van der Waals surface area contributed by atoms with Crippen LogP contribution >= 0.6 is 0 Å². The molecule has 0 atom stereocenters. The molecule has 2 aliphatic heterocycles. The average molecular weight is 442 g/mol. The molecule has 2 saturated heterocycles. The molecule has 0 saturated carbocycles. The van der Waals surface area contributed by atoms with Crippen molar-refractivity contribution < 1.29 is 22.8 Å². The maximum Gasteiger partial charge on any atom is 0.251 e. The second kappa shape index (κ2) is 8.60. The lowest BCUT2D eigenvalue weighted by atomic mass is 10.1. The summed E-state index contributed by atoms with van der Waals surface area (Å²) in [6, 6.07) is 12.8. The first-order chi connectivity index (χ1) is 14.9. The highest BCUT2D eigenvalue weighted by Crippen LogP contribution is 2.23. The van der Waals surface area contributed by atoms with Crippen molar-refractivity contribution in [3.8, 4) is 0 Å². The number of hydrogen-bond acceptors (Lipinski definition) is 5. The number of nitrogens with zero attached hydrogens (tertiary/aromatic N) is 2. The zero-order valence-electron chi connectivity index (χ0n) is 16.9. The maximum atomic E-state index is 12.6. The SMILES string of the molecule is O=C(NCc1ccc(S(=O)(=O)N2CCCC2)cc1)c1ccc(N2C(=O)CCC2=O)cc1. The van der Waals surface area contributed by atoms with E-state index in [2.05, 4.69) is 5.32 Å². The Morgan fingerprint density at radius 3 is 2.03 bits per heavy atom. The molecule has 162 valence electrons. The maximum absolute atomic E-state index is 12.6. The molecule has 0 spiro atoms. The fourth-order valence-corrected chi connectivity index (χ4v) is 5.28. The van der Waals surface area contributed by atoms with Crippen LogP contribution in [0.15, 0.2) is 53.4 Å². The van der Waals surface area contributed by atoms with Gasteiger partial charge in [0, 0.05) is 38.0 Å². The number of carbonyl (C=O) groups is 3. The minimum Gasteiger partial charge on any atom is -0.348 e. The molecule has 31 heavy (non-hydrogen) atoms. The summed E-state index contributed by atoms with van der Waals surface area (Å²) >= 11 is 0. The number of anilines is 1. The van der Waals surface area contributed by atoms with Crippen molar-refractivity contribution in [2.45, 2.75) is 37.1 Å². The molecule has 0 radical (unpaired) electrons. The number of carbonyl (C=O) groups excluding carboxylic acids is 3. The van der Waals surface area contributed by atoms with Crippen LogP contribution in [0.1, 0.15) is 41.6 Å². The van der Waals surface area contributed by atoms with Crippen molar-refractivity contribution in [2.75, 3.05) is 18.0 Å². The minimum absolute atomic E-state index is 0.208. The van der Waals surface area contributed by atoms with Gasteiger partial charge >= 0.3 is 0 Å². The van der Waals surface area contributed by atoms with Crippen molar-refractivity contribution >= 4 is 33.4 Å². The first-order valence-electron chi connectivity index (χ1n) is 10.2. The number of benzene rings is 2. The fourth-order valence-electron chi connectivity index (χ4n) is 3.77. The van der Waals surface area contributed by atoms with Crippen LogP contribution in [0.5, 0.6) is 0 Å². The standard InChI is InChI=1S/C22H23N3O5S/c26-20-11-12-21(27)25(20)18-7-5-17(6-8-18)22(28)23-15-16-3-9-19(10-4-16)31(29,30)24-13-1-2-14-24/h3-10H,1-2,11-15H2,(H,23,28). The van der Waals surface area contributed by atoms with Gasteiger partial charge in [-0.05, 0) is 54.8 Å². The van der Waals surface area contributed by atoms with Gasteiger partial charge in [0.2, 0.25) is 21.8 Å². The van der Waals surface area contributed by atoms with E-state index >= 15 is 0 Å². The number of sulfonamides is 1. The smallest absolute Gasteiger partial charge is 0.251 e. The third-order valence-corrected chi connectivity index (χ3v) is 7.43. The summed E-state index contributed by atoms with van der Waals surface area (Å²) in [5.74, 6) is -0.783. The Hall–Kier alpha value is -3.04. The van der Waals surface area contributed by atoms with E-state index in [4.69, 9.17) is 0 Å². The van der Waals surface area contributed by atoms with Gasteiger partial charge < -0.3 is 5.32 Å². The topological polar surface area (TPSA) is 104 Å². The van der Waals surface area contributed by atoms with Gasteiger partial charge in [-0.3, -0.25) is 19.3 Å². The van der Waals surface area contributed by atoms with Gasteiger partial charge in [-0.15, -0.1) is 0 Å². The van der Waals surface area contributed by atoms with Gasteiger partial charge in [0.05, 0.1) is 10.6 Å². The van der Waals surface area contributed by atoms with E-state index in [9.17, 15) is 22.8 Å². The van der Waals surface area contributed by atoms with E-state index in [1.165, 1.54) is 4.31 Å². The normalized spacial score (nSPS) is 17.4. The van der Waals surface area contributed by atoms with Crippen molar-refractivity contribution in [3.63, 3.8) is 0 Å². The monoisotopic (exact) mass is 441 g/mol. The van der Waals surface area contributed by atoms with Crippen LogP contribution in [0.2, 0.25) is 0 Å². The first-order valence-corrected chi connectivity index (χ1v) is 11.6. The molecule has 3 amide bonds. The molecule has 2 aromatic rings. The summed E-state index contributed by atoms with van der Waals surface area (Å²) in [6.07, 6.45) is 2.18. The van der Waals surface area contributed by atoms with Gasteiger partial charge in [0.25, 0.3) is 5.91 Å². The number of imide groups is 1. The molecule has 2 heterocycles. The lowest BCUT2D eigenvalue weighted by Gasteiger charge is -2.15. The molecule has 0 unspecified atom stereocenters. The Morgan fingerprint density at radius 1 is 0.871 bits per heavy atom. The Balaban J connectivity index is 1.36. The van der Waals surface area contributed by atoms with Crippen LogP contribution in [0.3, 0.4) is 0 Å². The van der Waals surface area contributed by atoms with Gasteiger partial charge in [-0.25, -0.2) is 8.42 Å². The second-order valence-electron chi connectivity index (χ2n) is 7.61. The summed E-state index contributed by atoms with van der Waals surface area (Å²) in [6.45, 7) is 1.35. The predicted octanol–water partition coefficient (Wildman–Crippen LogP) is 2.05. The van der Waals surface area contributed by atoms with Crippen LogP contribution in [-0.2, 0) is 26.2 Å². The Labute approximate surface area is 180 Å². The molecule has 0 bridgehead atoms. The molecule has 2 fully saturated rings. The van der Waals surface area contributed by atoms with Crippen LogP contribution in [-0.4, -0.2) is 43.5 Å². The van der Waals surface area contributed by atoms with Gasteiger partial charge in [-0.2, -0.15) is 4.31 Å². The molecule has 2 aromatic carbocycles. The molecule has 8 nitrogen and oxygen atoms in total. The molecule has 2 aliphatic rings. The van der Waals surface area contributed by atoms with Crippen molar-refractivity contribution in [1.82, 2.24) is 9.62 Å². The fraction of sp³-hybridized carbons (Fsp3) is 0.318. The van der Waals surface area contributed by atoms with E-state index in [0.29, 0.717) is 24.3 Å². The molecule has 0 aliphatic carbocycles. The number of hydrogen-bond donors (Lipinski definition) is 1. The highest BCUT2D eigenvalue weighted by Gasteiger charge is 2.30. The second-order valence-corrected chi connectivity index (χ2v) is 9.55. The number of rotatable bonds is 6. The van der Waals surface area contributed by atoms with Gasteiger partial charge in [0.15, 0.2) is 0 Å². The summed E-state index contributed by atoms with van der Waals surface area (Å²) in [4.78, 5) is 37.4. The lowest BCUT2D eigenvalue weighted by molar-refractivity contribution is -0.121. The van der Waals surface area contributed by atoms with Crippen LogP contribution < -0.4 is 10.2 Å². The number of amides is 3. The quantitative estimate of drug-likeness (QED) is 0.691. The van der Waals surface area contributed by atoms with E-state index in [0.717, 1.165) is 23.3 Å². The lowest BCUT2D eigenvalue weighted by Crippen LogP contribution is -2.28. The summed E-state index contributed by atoms with van der Waals surface area (Å²) in [7, 11) is -3.45. The Morgan fingerprint density at radius 2 is 1.45 bits per heavy atom. The summed E-state index contributed by atoms with van der Waals surface area (Å²) < 4.78 is 26.6. The Bertz CT molecular complexity index is 1090. The van der Waals surface area contributed by atoms with Crippen LogP contribution in [0, 0.1) is 0 Å². The van der Waals surface area contributed by atoms with E-state index in [-0.39, 0.29) is 42.0 Å². The first kappa shape index (κ1) is 21.2. The van der Waals surface area contributed by atoms with Gasteiger partial charge in [0.1, 0.15) is 0 Å². The van der Waals surface area contributed by atoms with Crippen molar-refractivity contribution in [3.05, 3.63) is 59.7 Å². The predicted molar refractivity (Wildman–Crippen MR) is 114 cm³/mol. The molecule has 1 N–H and O–H groups in total. The average Bonchev–Trinajstić information content (AvgIpc) is 3.43. The highest BCUT2D eigenvalue weighted by molar-refractivity contribution is 7.89. The minimum atomic E-state index is -3.45. The molecular formula is C22H23N3O5S.